The van der Waals surface area contributed by atoms with E-state index in [1.54, 1.807) is 11.3 Å². The number of halogens is 1. The summed E-state index contributed by atoms with van der Waals surface area (Å²) in [6.45, 7) is 5.67. The summed E-state index contributed by atoms with van der Waals surface area (Å²) in [5, 5.41) is 6.06. The van der Waals surface area contributed by atoms with E-state index in [0.717, 1.165) is 35.1 Å². The molecule has 0 saturated heterocycles. The van der Waals surface area contributed by atoms with E-state index in [-0.39, 0.29) is 0 Å². The third-order valence-corrected chi connectivity index (χ3v) is 4.20. The maximum absolute atomic E-state index is 6.01. The number of aromatic nitrogens is 2. The molecule has 0 atom stereocenters. The fourth-order valence-corrected chi connectivity index (χ4v) is 3.08. The lowest BCUT2D eigenvalue weighted by Crippen LogP contribution is -2.13. The van der Waals surface area contributed by atoms with E-state index in [1.807, 2.05) is 36.7 Å². The summed E-state index contributed by atoms with van der Waals surface area (Å²) < 4.78 is 8.08. The number of imidazole rings is 1. The van der Waals surface area contributed by atoms with Gasteiger partial charge in [-0.1, -0.05) is 18.5 Å². The average molecular weight is 322 g/mol. The summed E-state index contributed by atoms with van der Waals surface area (Å²) in [5.74, 6) is 1.43. The zero-order valence-corrected chi connectivity index (χ0v) is 13.5. The van der Waals surface area contributed by atoms with E-state index >= 15 is 0 Å². The molecule has 0 radical (unpaired) electrons. The van der Waals surface area contributed by atoms with E-state index in [4.69, 9.17) is 16.3 Å². The molecule has 1 aromatic carbocycles. The van der Waals surface area contributed by atoms with Gasteiger partial charge in [-0.25, -0.2) is 0 Å². The Labute approximate surface area is 132 Å². The van der Waals surface area contributed by atoms with Crippen LogP contribution in [0.2, 0.25) is 5.02 Å². The number of nitrogens with one attached hydrogen (secondary N) is 1. The van der Waals surface area contributed by atoms with Crippen molar-refractivity contribution in [3.05, 3.63) is 46.1 Å². The van der Waals surface area contributed by atoms with Gasteiger partial charge < -0.3 is 10.1 Å². The Hall–Kier alpha value is -1.56. The van der Waals surface area contributed by atoms with Gasteiger partial charge >= 0.3 is 0 Å². The van der Waals surface area contributed by atoms with Gasteiger partial charge in [0.15, 0.2) is 4.96 Å². The number of hydrogen-bond donors (Lipinski definition) is 1. The van der Waals surface area contributed by atoms with Crippen molar-refractivity contribution in [1.82, 2.24) is 14.7 Å². The molecular weight excluding hydrogens is 306 g/mol. The van der Waals surface area contributed by atoms with Crippen LogP contribution in [0.3, 0.4) is 0 Å². The summed E-state index contributed by atoms with van der Waals surface area (Å²) in [6, 6.07) is 5.59. The lowest BCUT2D eigenvalue weighted by Gasteiger charge is -2.09. The molecule has 2 heterocycles. The first-order chi connectivity index (χ1) is 10.2. The summed E-state index contributed by atoms with van der Waals surface area (Å²) in [6.07, 6.45) is 2.02. The van der Waals surface area contributed by atoms with E-state index in [9.17, 15) is 0 Å². The van der Waals surface area contributed by atoms with Gasteiger partial charge in [-0.2, -0.15) is 4.98 Å². The van der Waals surface area contributed by atoms with Crippen LogP contribution in [0.15, 0.2) is 29.8 Å². The lowest BCUT2D eigenvalue weighted by molar-refractivity contribution is 0.453. The summed E-state index contributed by atoms with van der Waals surface area (Å²) in [4.78, 5) is 5.51. The molecule has 3 aromatic rings. The summed E-state index contributed by atoms with van der Waals surface area (Å²) in [5.41, 5.74) is 2.02. The minimum absolute atomic E-state index is 0.647. The molecule has 0 spiro atoms. The van der Waals surface area contributed by atoms with Crippen LogP contribution in [0.4, 0.5) is 0 Å². The standard InChI is InChI=1S/C15H16ClN3OS/c1-3-17-9-12-14(18-15-19(12)6-7-21-15)20-13-5-4-11(16)8-10(13)2/h4-8,17H,3,9H2,1-2H3. The number of thiazole rings is 1. The van der Waals surface area contributed by atoms with Crippen LogP contribution < -0.4 is 10.1 Å². The van der Waals surface area contributed by atoms with Gasteiger partial charge in [-0.3, -0.25) is 4.40 Å². The number of rotatable bonds is 5. The van der Waals surface area contributed by atoms with Crippen molar-refractivity contribution in [2.45, 2.75) is 20.4 Å². The molecule has 0 bridgehead atoms. The Bertz CT molecular complexity index is 765. The van der Waals surface area contributed by atoms with Crippen molar-refractivity contribution >= 4 is 27.9 Å². The SMILES string of the molecule is CCNCc1c(Oc2ccc(Cl)cc2C)nc2sccn12. The number of ether oxygens (including phenoxy) is 1. The Balaban J connectivity index is 1.97. The first-order valence-electron chi connectivity index (χ1n) is 6.78. The minimum Gasteiger partial charge on any atom is -0.437 e. The number of fused-ring (bicyclic) bond motifs is 1. The topological polar surface area (TPSA) is 38.6 Å². The Morgan fingerprint density at radius 3 is 3.05 bits per heavy atom. The normalized spacial score (nSPS) is 11.2. The predicted molar refractivity (Wildman–Crippen MR) is 86.7 cm³/mol. The maximum atomic E-state index is 6.01. The van der Waals surface area contributed by atoms with Crippen molar-refractivity contribution < 1.29 is 4.74 Å². The van der Waals surface area contributed by atoms with E-state index < -0.39 is 0 Å². The lowest BCUT2D eigenvalue weighted by atomic mass is 10.2. The highest BCUT2D eigenvalue weighted by Crippen LogP contribution is 2.30. The van der Waals surface area contributed by atoms with Gasteiger partial charge in [0, 0.05) is 23.1 Å². The van der Waals surface area contributed by atoms with Crippen LogP contribution in [-0.2, 0) is 6.54 Å². The zero-order chi connectivity index (χ0) is 14.8. The molecule has 0 aliphatic rings. The smallest absolute Gasteiger partial charge is 0.243 e. The molecule has 0 aliphatic heterocycles. The quantitative estimate of drug-likeness (QED) is 0.763. The molecule has 4 nitrogen and oxygen atoms in total. The van der Waals surface area contributed by atoms with Crippen molar-refractivity contribution in [2.24, 2.45) is 0 Å². The molecular formula is C15H16ClN3OS. The third kappa shape index (κ3) is 2.90. The number of hydrogen-bond acceptors (Lipinski definition) is 4. The molecule has 0 unspecified atom stereocenters. The van der Waals surface area contributed by atoms with Crippen LogP contribution in [-0.4, -0.2) is 15.9 Å². The molecule has 2 aromatic heterocycles. The molecule has 0 aliphatic carbocycles. The Kier molecular flexibility index (Phi) is 4.14. The van der Waals surface area contributed by atoms with Crippen molar-refractivity contribution in [2.75, 3.05) is 6.54 Å². The van der Waals surface area contributed by atoms with Crippen molar-refractivity contribution in [3.63, 3.8) is 0 Å². The summed E-state index contributed by atoms with van der Waals surface area (Å²) in [7, 11) is 0. The maximum Gasteiger partial charge on any atom is 0.243 e. The largest absolute Gasteiger partial charge is 0.437 e. The highest BCUT2D eigenvalue weighted by molar-refractivity contribution is 7.15. The average Bonchev–Trinajstić information content (AvgIpc) is 3.01. The second-order valence-corrected chi connectivity index (χ2v) is 6.02. The predicted octanol–water partition coefficient (Wildman–Crippen LogP) is 4.26. The number of nitrogens with zero attached hydrogens (tertiary/aromatic N) is 2. The van der Waals surface area contributed by atoms with E-state index in [0.29, 0.717) is 10.9 Å². The molecule has 1 N–H and O–H groups in total. The highest BCUT2D eigenvalue weighted by atomic mass is 35.5. The van der Waals surface area contributed by atoms with Gasteiger partial charge in [0.25, 0.3) is 0 Å². The van der Waals surface area contributed by atoms with Gasteiger partial charge in [-0.15, -0.1) is 11.3 Å². The third-order valence-electron chi connectivity index (χ3n) is 3.21. The molecule has 0 saturated carbocycles. The summed E-state index contributed by atoms with van der Waals surface area (Å²) >= 11 is 7.58. The van der Waals surface area contributed by atoms with Crippen LogP contribution in [0.25, 0.3) is 4.96 Å². The Morgan fingerprint density at radius 1 is 1.43 bits per heavy atom. The number of benzene rings is 1. The monoisotopic (exact) mass is 321 g/mol. The van der Waals surface area contributed by atoms with E-state index in [2.05, 4.69) is 21.6 Å². The molecule has 6 heteroatoms. The van der Waals surface area contributed by atoms with E-state index in [1.165, 1.54) is 0 Å². The van der Waals surface area contributed by atoms with Gasteiger partial charge in [-0.05, 0) is 37.2 Å². The molecule has 110 valence electrons. The van der Waals surface area contributed by atoms with Crippen LogP contribution in [0.1, 0.15) is 18.2 Å². The zero-order valence-electron chi connectivity index (χ0n) is 11.9. The second kappa shape index (κ2) is 6.05. The fraction of sp³-hybridized carbons (Fsp3) is 0.267. The number of aryl methyl sites for hydroxylation is 1. The van der Waals surface area contributed by atoms with Gasteiger partial charge in [0.05, 0.1) is 0 Å². The van der Waals surface area contributed by atoms with Gasteiger partial charge in [0.2, 0.25) is 5.88 Å². The molecule has 21 heavy (non-hydrogen) atoms. The molecule has 3 rings (SSSR count). The van der Waals surface area contributed by atoms with Crippen LogP contribution in [0.5, 0.6) is 11.6 Å². The highest BCUT2D eigenvalue weighted by Gasteiger charge is 2.15. The van der Waals surface area contributed by atoms with Crippen molar-refractivity contribution in [1.29, 1.82) is 0 Å². The second-order valence-electron chi connectivity index (χ2n) is 4.71. The molecule has 0 amide bonds. The van der Waals surface area contributed by atoms with Gasteiger partial charge in [0.1, 0.15) is 11.4 Å². The Morgan fingerprint density at radius 2 is 2.29 bits per heavy atom. The first-order valence-corrected chi connectivity index (χ1v) is 8.04. The van der Waals surface area contributed by atoms with Crippen LogP contribution >= 0.6 is 22.9 Å². The van der Waals surface area contributed by atoms with Crippen molar-refractivity contribution in [3.8, 4) is 11.6 Å². The first kappa shape index (κ1) is 14.4. The molecule has 0 fully saturated rings. The van der Waals surface area contributed by atoms with Crippen LogP contribution in [0, 0.1) is 6.92 Å². The fourth-order valence-electron chi connectivity index (χ4n) is 2.13. The minimum atomic E-state index is 0.647.